The Bertz CT molecular complexity index is 358. The van der Waals surface area contributed by atoms with Gasteiger partial charge in [-0.05, 0) is 37.0 Å². The van der Waals surface area contributed by atoms with Crippen molar-refractivity contribution in [2.75, 3.05) is 20.8 Å². The van der Waals surface area contributed by atoms with E-state index in [1.807, 2.05) is 13.0 Å². The smallest absolute Gasteiger partial charge is 0.163 e. The van der Waals surface area contributed by atoms with Gasteiger partial charge in [-0.25, -0.2) is 0 Å². The van der Waals surface area contributed by atoms with Crippen molar-refractivity contribution in [3.63, 3.8) is 0 Å². The number of hydrogen-bond acceptors (Lipinski definition) is 4. The first-order chi connectivity index (χ1) is 8.22. The van der Waals surface area contributed by atoms with Crippen molar-refractivity contribution < 1.29 is 13.7 Å². The summed E-state index contributed by atoms with van der Waals surface area (Å²) >= 11 is 2.13. The summed E-state index contributed by atoms with van der Waals surface area (Å²) in [5, 5.41) is 0. The van der Waals surface area contributed by atoms with Crippen molar-refractivity contribution in [3.8, 4) is 11.5 Å². The average molecular weight is 368 g/mol. The molecular weight excluding hydrogens is 351 g/mol. The van der Waals surface area contributed by atoms with E-state index >= 15 is 0 Å². The molecule has 17 heavy (non-hydrogen) atoms. The predicted molar refractivity (Wildman–Crippen MR) is 80.2 cm³/mol. The molecule has 0 aliphatic carbocycles. The van der Waals surface area contributed by atoms with Gasteiger partial charge in [-0.3, -0.25) is 0 Å². The van der Waals surface area contributed by atoms with Gasteiger partial charge in [0.25, 0.3) is 0 Å². The van der Waals surface area contributed by atoms with Crippen molar-refractivity contribution in [2.45, 2.75) is 19.8 Å². The maximum atomic E-state index is 5.32. The Balaban J connectivity index is 2.70. The van der Waals surface area contributed by atoms with Crippen molar-refractivity contribution in [1.82, 2.24) is 0 Å². The number of aryl methyl sites for hydroxylation is 2. The largest absolute Gasteiger partial charge is 0.493 e. The molecule has 0 heterocycles. The lowest BCUT2D eigenvalue weighted by Crippen LogP contribution is -1.97. The lowest BCUT2D eigenvalue weighted by molar-refractivity contribution is 0.351. The van der Waals surface area contributed by atoms with Crippen LogP contribution in [0.4, 0.5) is 0 Å². The van der Waals surface area contributed by atoms with Gasteiger partial charge < -0.3 is 13.7 Å². The van der Waals surface area contributed by atoms with E-state index in [1.165, 1.54) is 14.8 Å². The van der Waals surface area contributed by atoms with Crippen LogP contribution in [0.1, 0.15) is 17.5 Å². The van der Waals surface area contributed by atoms with Crippen LogP contribution in [0.25, 0.3) is 0 Å². The first kappa shape index (κ1) is 14.9. The van der Waals surface area contributed by atoms with Gasteiger partial charge in [0.2, 0.25) is 0 Å². The molecule has 0 aliphatic heterocycles. The molecule has 0 atom stereocenters. The van der Waals surface area contributed by atoms with Crippen LogP contribution in [-0.2, 0) is 10.6 Å². The molecule has 3 nitrogen and oxygen atoms in total. The summed E-state index contributed by atoms with van der Waals surface area (Å²) in [6.45, 7) is 2.79. The van der Waals surface area contributed by atoms with E-state index < -0.39 is 0 Å². The zero-order valence-corrected chi connectivity index (χ0v) is 13.3. The van der Waals surface area contributed by atoms with E-state index in [1.54, 1.807) is 14.2 Å². The molecular formula is C12H17IO3S. The Morgan fingerprint density at radius 3 is 2.59 bits per heavy atom. The van der Waals surface area contributed by atoms with Gasteiger partial charge in [0.15, 0.2) is 11.5 Å². The van der Waals surface area contributed by atoms with Crippen LogP contribution in [0.3, 0.4) is 0 Å². The molecule has 0 unspecified atom stereocenters. The van der Waals surface area contributed by atoms with Crippen molar-refractivity contribution >= 4 is 30.4 Å². The fourth-order valence-electron chi connectivity index (χ4n) is 1.74. The van der Waals surface area contributed by atoms with Gasteiger partial charge in [0.05, 0.1) is 30.0 Å². The van der Waals surface area contributed by atoms with Crippen LogP contribution in [0.2, 0.25) is 0 Å². The van der Waals surface area contributed by atoms with Gasteiger partial charge in [0, 0.05) is 21.2 Å². The standard InChI is InChI=1S/C12H17IO3S/c1-9-7-10(5-4-6-16-17-13)8-11(14-2)12(9)15-3/h7-8H,4-6H2,1-3H3. The monoisotopic (exact) mass is 368 g/mol. The number of hydrogen-bond donors (Lipinski definition) is 0. The fraction of sp³-hybridized carbons (Fsp3) is 0.500. The van der Waals surface area contributed by atoms with Crippen molar-refractivity contribution in [1.29, 1.82) is 0 Å². The van der Waals surface area contributed by atoms with Gasteiger partial charge in [-0.2, -0.15) is 0 Å². The SMILES string of the molecule is COc1cc(CCCOSI)cc(C)c1OC. The average Bonchev–Trinajstić information content (AvgIpc) is 2.34. The quantitative estimate of drug-likeness (QED) is 0.414. The second kappa shape index (κ2) is 8.05. The topological polar surface area (TPSA) is 27.7 Å². The summed E-state index contributed by atoms with van der Waals surface area (Å²) in [4.78, 5) is 0. The minimum Gasteiger partial charge on any atom is -0.493 e. The van der Waals surface area contributed by atoms with Gasteiger partial charge in [0.1, 0.15) is 0 Å². The molecule has 0 N–H and O–H groups in total. The minimum absolute atomic E-state index is 0.765. The van der Waals surface area contributed by atoms with E-state index in [2.05, 4.69) is 27.3 Å². The molecule has 0 aliphatic rings. The lowest BCUT2D eigenvalue weighted by Gasteiger charge is -2.12. The zero-order valence-electron chi connectivity index (χ0n) is 10.3. The van der Waals surface area contributed by atoms with Gasteiger partial charge in [-0.1, -0.05) is 6.07 Å². The summed E-state index contributed by atoms with van der Waals surface area (Å²) in [6.07, 6.45) is 1.99. The van der Waals surface area contributed by atoms with Gasteiger partial charge >= 0.3 is 0 Å². The van der Waals surface area contributed by atoms with Crippen LogP contribution in [0, 0.1) is 6.92 Å². The van der Waals surface area contributed by atoms with E-state index in [-0.39, 0.29) is 0 Å². The van der Waals surface area contributed by atoms with Crippen LogP contribution < -0.4 is 9.47 Å². The maximum absolute atomic E-state index is 5.32. The first-order valence-corrected chi connectivity index (χ1v) is 8.63. The Hall–Kier alpha value is -0.140. The van der Waals surface area contributed by atoms with Crippen molar-refractivity contribution in [3.05, 3.63) is 23.3 Å². The third-order valence-corrected chi connectivity index (χ3v) is 3.48. The van der Waals surface area contributed by atoms with Crippen LogP contribution >= 0.6 is 30.4 Å². The molecule has 0 spiro atoms. The van der Waals surface area contributed by atoms with E-state index in [0.717, 1.165) is 36.5 Å². The highest BCUT2D eigenvalue weighted by Crippen LogP contribution is 2.32. The molecule has 0 saturated carbocycles. The molecule has 0 aromatic heterocycles. The predicted octanol–water partition coefficient (Wildman–Crippen LogP) is 3.96. The number of methoxy groups -OCH3 is 2. The maximum Gasteiger partial charge on any atom is 0.163 e. The second-order valence-electron chi connectivity index (χ2n) is 3.64. The third-order valence-electron chi connectivity index (χ3n) is 2.46. The minimum atomic E-state index is 0.765. The van der Waals surface area contributed by atoms with Crippen molar-refractivity contribution in [2.24, 2.45) is 0 Å². The van der Waals surface area contributed by atoms with Gasteiger partial charge in [-0.15, -0.1) is 0 Å². The Morgan fingerprint density at radius 2 is 2.00 bits per heavy atom. The highest BCUT2D eigenvalue weighted by molar-refractivity contribution is 14.2. The van der Waals surface area contributed by atoms with E-state index in [0.29, 0.717) is 0 Å². The molecule has 1 rings (SSSR count). The molecule has 96 valence electrons. The highest BCUT2D eigenvalue weighted by Gasteiger charge is 2.08. The highest BCUT2D eigenvalue weighted by atomic mass is 127. The summed E-state index contributed by atoms with van der Waals surface area (Å²) in [6, 6.07) is 4.17. The second-order valence-corrected chi connectivity index (χ2v) is 5.08. The molecule has 1 aromatic carbocycles. The normalized spacial score (nSPS) is 10.4. The molecule has 0 fully saturated rings. The number of benzene rings is 1. The lowest BCUT2D eigenvalue weighted by atomic mass is 10.1. The number of ether oxygens (including phenoxy) is 2. The van der Waals surface area contributed by atoms with Crippen LogP contribution in [-0.4, -0.2) is 20.8 Å². The summed E-state index contributed by atoms with van der Waals surface area (Å²) in [7, 11) is 4.71. The van der Waals surface area contributed by atoms with E-state index in [9.17, 15) is 0 Å². The summed E-state index contributed by atoms with van der Waals surface area (Å²) in [5.41, 5.74) is 2.35. The molecule has 5 heteroatoms. The van der Waals surface area contributed by atoms with E-state index in [4.69, 9.17) is 13.7 Å². The third kappa shape index (κ3) is 4.56. The van der Waals surface area contributed by atoms with Crippen LogP contribution in [0.5, 0.6) is 11.5 Å². The molecule has 0 saturated heterocycles. The van der Waals surface area contributed by atoms with Crippen LogP contribution in [0.15, 0.2) is 12.1 Å². The fourth-order valence-corrected chi connectivity index (χ4v) is 2.46. The Kier molecular flexibility index (Phi) is 7.06. The summed E-state index contributed by atoms with van der Waals surface area (Å²) in [5.74, 6) is 1.61. The Morgan fingerprint density at radius 1 is 1.24 bits per heavy atom. The first-order valence-electron chi connectivity index (χ1n) is 5.34. The number of halogens is 1. The molecule has 0 radical (unpaired) electrons. The zero-order chi connectivity index (χ0) is 12.7. The number of rotatable bonds is 7. The molecule has 0 bridgehead atoms. The molecule has 1 aromatic rings. The Labute approximate surface area is 119 Å². The summed E-state index contributed by atoms with van der Waals surface area (Å²) < 4.78 is 15.9. The molecule has 0 amide bonds.